The molecule has 0 aliphatic carbocycles. The van der Waals surface area contributed by atoms with E-state index in [0.29, 0.717) is 19.4 Å². The first kappa shape index (κ1) is 78.4. The second-order valence-electron chi connectivity index (χ2n) is 25.3. The molecule has 1 amide bonds. The summed E-state index contributed by atoms with van der Waals surface area (Å²) in [6.45, 7) is 4.37. The lowest BCUT2D eigenvalue weighted by atomic mass is 9.99. The number of carbonyl (C=O) groups excluding carboxylic acids is 2. The number of allylic oxidation sites excluding steroid dienone is 1. The number of rotatable bonds is 64. The van der Waals surface area contributed by atoms with Crippen LogP contribution in [0.3, 0.4) is 0 Å². The van der Waals surface area contributed by atoms with Gasteiger partial charge >= 0.3 is 5.97 Å². The van der Waals surface area contributed by atoms with Crippen LogP contribution in [0.1, 0.15) is 367 Å². The number of esters is 1. The number of hydrogen-bond donors (Lipinski definition) is 6. The topological polar surface area (TPSA) is 175 Å². The van der Waals surface area contributed by atoms with Crippen LogP contribution in [-0.4, -0.2) is 100 Å². The number of amides is 1. The Kier molecular flexibility index (Phi) is 58.4. The van der Waals surface area contributed by atoms with Crippen LogP contribution < -0.4 is 5.32 Å². The van der Waals surface area contributed by atoms with Gasteiger partial charge in [0.15, 0.2) is 6.29 Å². The van der Waals surface area contributed by atoms with Gasteiger partial charge in [-0.2, -0.15) is 0 Å². The Morgan fingerprint density at radius 3 is 1.13 bits per heavy atom. The number of hydrogen-bond acceptors (Lipinski definition) is 10. The molecule has 0 radical (unpaired) electrons. The Bertz CT molecular complexity index is 1370. The molecule has 1 fully saturated rings. The van der Waals surface area contributed by atoms with Gasteiger partial charge in [0.2, 0.25) is 5.91 Å². The first-order valence-corrected chi connectivity index (χ1v) is 36.0. The number of aliphatic hydroxyl groups is 5. The molecular formula is C71H137NO10. The van der Waals surface area contributed by atoms with E-state index in [4.69, 9.17) is 14.2 Å². The van der Waals surface area contributed by atoms with Crippen molar-refractivity contribution < 1.29 is 49.3 Å². The molecule has 1 aliphatic heterocycles. The van der Waals surface area contributed by atoms with Crippen LogP contribution in [0, 0.1) is 0 Å². The highest BCUT2D eigenvalue weighted by molar-refractivity contribution is 5.76. The standard InChI is InChI=1S/C71H137NO10/c1-3-5-7-9-11-13-38-43-47-51-55-59-67(76)80-60-56-52-48-44-40-37-35-33-31-29-27-25-23-21-19-17-15-16-18-20-22-24-26-28-30-32-34-36-39-42-46-50-54-58-66(75)72-63(62-81-71-70(79)69(78)68(77)65(61-73)82-71)64(74)57-53-49-45-41-14-12-10-8-6-4-2/h53,57,63-65,68-71,73-74,77-79H,3-52,54-56,58-62H2,1-2H3,(H,72,75)/b57-53+. The monoisotopic (exact) mass is 1160 g/mol. The van der Waals surface area contributed by atoms with Crippen LogP contribution >= 0.6 is 0 Å². The maximum absolute atomic E-state index is 13.0. The van der Waals surface area contributed by atoms with Gasteiger partial charge in [-0.15, -0.1) is 0 Å². The lowest BCUT2D eigenvalue weighted by Crippen LogP contribution is -2.60. The molecule has 7 unspecified atom stereocenters. The van der Waals surface area contributed by atoms with Crippen LogP contribution in [0.5, 0.6) is 0 Å². The van der Waals surface area contributed by atoms with Gasteiger partial charge in [-0.3, -0.25) is 9.59 Å². The van der Waals surface area contributed by atoms with E-state index < -0.39 is 49.5 Å². The Balaban J connectivity index is 1.90. The Morgan fingerprint density at radius 2 is 0.768 bits per heavy atom. The molecule has 11 nitrogen and oxygen atoms in total. The fourth-order valence-electron chi connectivity index (χ4n) is 11.7. The third-order valence-corrected chi connectivity index (χ3v) is 17.4. The highest BCUT2D eigenvalue weighted by atomic mass is 16.7. The lowest BCUT2D eigenvalue weighted by molar-refractivity contribution is -0.302. The molecule has 11 heteroatoms. The number of nitrogens with one attached hydrogen (secondary N) is 1. The van der Waals surface area contributed by atoms with Gasteiger partial charge in [0.1, 0.15) is 24.4 Å². The molecule has 82 heavy (non-hydrogen) atoms. The Hall–Kier alpha value is -1.60. The van der Waals surface area contributed by atoms with Crippen molar-refractivity contribution in [2.45, 2.75) is 410 Å². The maximum atomic E-state index is 13.0. The summed E-state index contributed by atoms with van der Waals surface area (Å²) in [6.07, 6.45) is 65.1. The van der Waals surface area contributed by atoms with Crippen molar-refractivity contribution in [3.8, 4) is 0 Å². The molecule has 1 rings (SSSR count). The number of aliphatic hydroxyl groups excluding tert-OH is 5. The van der Waals surface area contributed by atoms with E-state index >= 15 is 0 Å². The first-order chi connectivity index (χ1) is 40.2. The molecule has 0 saturated carbocycles. The largest absolute Gasteiger partial charge is 0.466 e. The highest BCUT2D eigenvalue weighted by Gasteiger charge is 2.44. The summed E-state index contributed by atoms with van der Waals surface area (Å²) in [5.74, 6) is -0.161. The van der Waals surface area contributed by atoms with Crippen molar-refractivity contribution in [3.05, 3.63) is 12.2 Å². The third-order valence-electron chi connectivity index (χ3n) is 17.4. The van der Waals surface area contributed by atoms with Gasteiger partial charge in [-0.25, -0.2) is 0 Å². The minimum absolute atomic E-state index is 0.0148. The zero-order chi connectivity index (χ0) is 59.5. The third kappa shape index (κ3) is 49.5. The van der Waals surface area contributed by atoms with Crippen LogP contribution in [-0.2, 0) is 23.8 Å². The summed E-state index contributed by atoms with van der Waals surface area (Å²) in [5, 5.41) is 54.4. The molecule has 0 aromatic rings. The molecule has 0 aromatic carbocycles. The van der Waals surface area contributed by atoms with E-state index in [1.54, 1.807) is 6.08 Å². The molecule has 0 bridgehead atoms. The van der Waals surface area contributed by atoms with E-state index in [1.807, 2.05) is 6.08 Å². The zero-order valence-corrected chi connectivity index (χ0v) is 54.0. The summed E-state index contributed by atoms with van der Waals surface area (Å²) in [4.78, 5) is 25.1. The predicted molar refractivity (Wildman–Crippen MR) is 343 cm³/mol. The van der Waals surface area contributed by atoms with E-state index in [1.165, 1.54) is 289 Å². The summed E-state index contributed by atoms with van der Waals surface area (Å²) in [6, 6.07) is -0.804. The van der Waals surface area contributed by atoms with E-state index in [2.05, 4.69) is 19.2 Å². The van der Waals surface area contributed by atoms with Gasteiger partial charge < -0.3 is 45.1 Å². The second kappa shape index (κ2) is 61.1. The average molecular weight is 1160 g/mol. The van der Waals surface area contributed by atoms with Crippen LogP contribution in [0.4, 0.5) is 0 Å². The predicted octanol–water partition coefficient (Wildman–Crippen LogP) is 18.2. The normalized spacial score (nSPS) is 18.2. The Labute approximate surface area is 506 Å². The average Bonchev–Trinajstić information content (AvgIpc) is 3.56. The SMILES string of the molecule is CCCCCCCCCC/C=C/C(O)C(COC1OC(CO)C(O)C(O)C1O)NC(=O)CCCCCCCCCCCCCCCCCCCCCCCCCCCCCCCCCCCOC(=O)CCCCCCCCCCCCC. The van der Waals surface area contributed by atoms with Crippen molar-refractivity contribution in [2.75, 3.05) is 19.8 Å². The van der Waals surface area contributed by atoms with Crippen LogP contribution in [0.25, 0.3) is 0 Å². The smallest absolute Gasteiger partial charge is 0.305 e. The molecule has 1 aliphatic rings. The summed E-state index contributed by atoms with van der Waals surface area (Å²) < 4.78 is 16.7. The highest BCUT2D eigenvalue weighted by Crippen LogP contribution is 2.24. The molecule has 6 N–H and O–H groups in total. The van der Waals surface area contributed by atoms with Crippen molar-refractivity contribution in [1.82, 2.24) is 5.32 Å². The van der Waals surface area contributed by atoms with Crippen molar-refractivity contribution in [3.63, 3.8) is 0 Å². The molecular weight excluding hydrogens is 1030 g/mol. The van der Waals surface area contributed by atoms with Gasteiger partial charge in [-0.1, -0.05) is 334 Å². The van der Waals surface area contributed by atoms with Crippen molar-refractivity contribution in [2.24, 2.45) is 0 Å². The maximum Gasteiger partial charge on any atom is 0.305 e. The molecule has 7 atom stereocenters. The van der Waals surface area contributed by atoms with E-state index in [0.717, 1.165) is 51.4 Å². The van der Waals surface area contributed by atoms with Crippen LogP contribution in [0.2, 0.25) is 0 Å². The minimum atomic E-state index is -1.57. The summed E-state index contributed by atoms with van der Waals surface area (Å²) in [5.41, 5.74) is 0. The summed E-state index contributed by atoms with van der Waals surface area (Å²) in [7, 11) is 0. The fraction of sp³-hybridized carbons (Fsp3) is 0.944. The van der Waals surface area contributed by atoms with Gasteiger partial charge in [0, 0.05) is 12.8 Å². The first-order valence-electron chi connectivity index (χ1n) is 36.0. The van der Waals surface area contributed by atoms with Crippen molar-refractivity contribution in [1.29, 1.82) is 0 Å². The molecule has 0 spiro atoms. The molecule has 1 saturated heterocycles. The van der Waals surface area contributed by atoms with Crippen molar-refractivity contribution >= 4 is 11.9 Å². The zero-order valence-electron chi connectivity index (χ0n) is 54.0. The molecule has 1 heterocycles. The minimum Gasteiger partial charge on any atom is -0.466 e. The van der Waals surface area contributed by atoms with E-state index in [-0.39, 0.29) is 18.5 Å². The number of unbranched alkanes of at least 4 members (excludes halogenated alkanes) is 50. The molecule has 0 aromatic heterocycles. The number of ether oxygens (including phenoxy) is 3. The molecule has 486 valence electrons. The summed E-state index contributed by atoms with van der Waals surface area (Å²) >= 11 is 0. The second-order valence-corrected chi connectivity index (χ2v) is 25.3. The van der Waals surface area contributed by atoms with E-state index in [9.17, 15) is 35.1 Å². The van der Waals surface area contributed by atoms with Crippen LogP contribution in [0.15, 0.2) is 12.2 Å². The fourth-order valence-corrected chi connectivity index (χ4v) is 11.7. The van der Waals surface area contributed by atoms with Gasteiger partial charge in [-0.05, 0) is 32.1 Å². The van der Waals surface area contributed by atoms with Gasteiger partial charge in [0.05, 0.1) is 32.0 Å². The quantitative estimate of drug-likeness (QED) is 0.0195. The lowest BCUT2D eigenvalue weighted by Gasteiger charge is -2.40. The van der Waals surface area contributed by atoms with Gasteiger partial charge in [0.25, 0.3) is 0 Å². The Morgan fingerprint density at radius 1 is 0.439 bits per heavy atom. The number of carbonyl (C=O) groups is 2.